The first-order chi connectivity index (χ1) is 9.43. The fourth-order valence-corrected chi connectivity index (χ4v) is 3.51. The smallest absolute Gasteiger partial charge is 0.329 e. The summed E-state index contributed by atoms with van der Waals surface area (Å²) in [7, 11) is 0. The summed E-state index contributed by atoms with van der Waals surface area (Å²) in [4.78, 5) is 24.0. The predicted octanol–water partition coefficient (Wildman–Crippen LogP) is 2.96. The molecule has 0 radical (unpaired) electrons. The molecule has 0 saturated heterocycles. The molecule has 0 unspecified atom stereocenters. The fourth-order valence-electron chi connectivity index (χ4n) is 3.51. The van der Waals surface area contributed by atoms with E-state index in [2.05, 4.69) is 19.2 Å². The van der Waals surface area contributed by atoms with Gasteiger partial charge < -0.3 is 10.4 Å². The van der Waals surface area contributed by atoms with E-state index in [9.17, 15) is 14.7 Å². The Kier molecular flexibility index (Phi) is 4.71. The van der Waals surface area contributed by atoms with Crippen LogP contribution in [0.25, 0.3) is 0 Å². The van der Waals surface area contributed by atoms with E-state index in [1.54, 1.807) is 0 Å². The molecule has 2 rings (SSSR count). The number of hydrogen-bond acceptors (Lipinski definition) is 2. The Morgan fingerprint density at radius 1 is 0.950 bits per heavy atom. The van der Waals surface area contributed by atoms with Crippen LogP contribution in [0.15, 0.2) is 0 Å². The summed E-state index contributed by atoms with van der Waals surface area (Å²) >= 11 is 0. The summed E-state index contributed by atoms with van der Waals surface area (Å²) in [6, 6.07) is 0. The number of amides is 1. The van der Waals surface area contributed by atoms with Gasteiger partial charge in [-0.3, -0.25) is 4.79 Å². The topological polar surface area (TPSA) is 66.4 Å². The minimum atomic E-state index is -1.01. The molecule has 0 atom stereocenters. The van der Waals surface area contributed by atoms with Crippen molar-refractivity contribution in [1.29, 1.82) is 0 Å². The number of nitrogens with one attached hydrogen (secondary N) is 1. The number of rotatable bonds is 3. The second-order valence-electron chi connectivity index (χ2n) is 7.02. The van der Waals surface area contributed by atoms with Crippen molar-refractivity contribution in [2.24, 2.45) is 17.8 Å². The van der Waals surface area contributed by atoms with Crippen LogP contribution in [-0.2, 0) is 9.59 Å². The molecule has 0 aliphatic heterocycles. The maximum Gasteiger partial charge on any atom is 0.329 e. The van der Waals surface area contributed by atoms with Gasteiger partial charge in [-0.15, -0.1) is 0 Å². The number of carboxylic acids is 1. The maximum absolute atomic E-state index is 12.4. The van der Waals surface area contributed by atoms with Gasteiger partial charge in [0.05, 0.1) is 0 Å². The second-order valence-corrected chi connectivity index (χ2v) is 7.02. The lowest BCUT2D eigenvalue weighted by molar-refractivity contribution is -0.150. The highest BCUT2D eigenvalue weighted by Gasteiger charge is 2.43. The monoisotopic (exact) mass is 281 g/mol. The Hall–Kier alpha value is -1.06. The Labute approximate surface area is 121 Å². The third kappa shape index (κ3) is 3.33. The van der Waals surface area contributed by atoms with E-state index in [1.165, 1.54) is 0 Å². The van der Waals surface area contributed by atoms with Crippen molar-refractivity contribution in [2.45, 2.75) is 70.8 Å². The zero-order valence-corrected chi connectivity index (χ0v) is 12.7. The highest BCUT2D eigenvalue weighted by Crippen LogP contribution is 2.34. The van der Waals surface area contributed by atoms with Crippen LogP contribution in [0.4, 0.5) is 0 Å². The summed E-state index contributed by atoms with van der Waals surface area (Å²) in [5.41, 5.74) is -1.01. The summed E-state index contributed by atoms with van der Waals surface area (Å²) in [5.74, 6) is 0.385. The first-order valence-electron chi connectivity index (χ1n) is 7.98. The van der Waals surface area contributed by atoms with Gasteiger partial charge in [-0.25, -0.2) is 4.79 Å². The molecule has 2 N–H and O–H groups in total. The van der Waals surface area contributed by atoms with E-state index in [0.29, 0.717) is 24.7 Å². The molecule has 2 fully saturated rings. The molecule has 0 heterocycles. The van der Waals surface area contributed by atoms with Gasteiger partial charge in [-0.1, -0.05) is 13.8 Å². The molecule has 0 bridgehead atoms. The van der Waals surface area contributed by atoms with Gasteiger partial charge in [0.15, 0.2) is 0 Å². The third-order valence-corrected chi connectivity index (χ3v) is 5.29. The largest absolute Gasteiger partial charge is 0.480 e. The first kappa shape index (κ1) is 15.3. The molecule has 4 heteroatoms. The number of carbonyl (C=O) groups excluding carboxylic acids is 1. The van der Waals surface area contributed by atoms with E-state index in [1.807, 2.05) is 0 Å². The molecule has 0 aromatic rings. The normalized spacial score (nSPS) is 38.2. The molecule has 114 valence electrons. The van der Waals surface area contributed by atoms with E-state index in [-0.39, 0.29) is 11.8 Å². The van der Waals surface area contributed by atoms with Crippen LogP contribution in [0.1, 0.15) is 65.2 Å². The van der Waals surface area contributed by atoms with Crippen LogP contribution >= 0.6 is 0 Å². The first-order valence-corrected chi connectivity index (χ1v) is 7.98. The van der Waals surface area contributed by atoms with Gasteiger partial charge in [-0.2, -0.15) is 0 Å². The zero-order valence-electron chi connectivity index (χ0n) is 12.7. The molecular weight excluding hydrogens is 254 g/mol. The van der Waals surface area contributed by atoms with E-state index < -0.39 is 11.5 Å². The molecule has 2 aliphatic rings. The summed E-state index contributed by atoms with van der Waals surface area (Å²) in [5, 5.41) is 12.4. The number of aliphatic carboxylic acids is 1. The lowest BCUT2D eigenvalue weighted by atomic mass is 9.76. The van der Waals surface area contributed by atoms with Crippen LogP contribution in [-0.4, -0.2) is 22.5 Å². The summed E-state index contributed by atoms with van der Waals surface area (Å²) in [6.45, 7) is 4.37. The van der Waals surface area contributed by atoms with Gasteiger partial charge in [-0.05, 0) is 63.2 Å². The van der Waals surface area contributed by atoms with Crippen molar-refractivity contribution in [1.82, 2.24) is 5.32 Å². The van der Waals surface area contributed by atoms with Gasteiger partial charge in [0.2, 0.25) is 5.91 Å². The molecule has 2 aliphatic carbocycles. The molecule has 1 amide bonds. The number of carbonyl (C=O) groups is 2. The lowest BCUT2D eigenvalue weighted by Crippen LogP contribution is -2.57. The van der Waals surface area contributed by atoms with Crippen LogP contribution in [0, 0.1) is 17.8 Å². The van der Waals surface area contributed by atoms with Crippen LogP contribution < -0.4 is 5.32 Å². The standard InChI is InChI=1S/C16H27NO3/c1-11-3-5-13(6-4-11)14(18)17-16(15(19)20)9-7-12(2)8-10-16/h11-13H,3-10H2,1-2H3,(H,17,18)(H,19,20). The predicted molar refractivity (Wildman–Crippen MR) is 77.3 cm³/mol. The molecule has 0 spiro atoms. The Morgan fingerprint density at radius 2 is 1.45 bits per heavy atom. The van der Waals surface area contributed by atoms with Crippen molar-refractivity contribution in [2.75, 3.05) is 0 Å². The summed E-state index contributed by atoms with van der Waals surface area (Å²) in [6.07, 6.45) is 6.86. The molecule has 0 aromatic carbocycles. The molecular formula is C16H27NO3. The van der Waals surface area contributed by atoms with Crippen LogP contribution in [0.5, 0.6) is 0 Å². The van der Waals surface area contributed by atoms with Crippen molar-refractivity contribution < 1.29 is 14.7 Å². The zero-order chi connectivity index (χ0) is 14.8. The van der Waals surface area contributed by atoms with Gasteiger partial charge in [0.25, 0.3) is 0 Å². The highest BCUT2D eigenvalue weighted by molar-refractivity contribution is 5.88. The molecule has 2 saturated carbocycles. The quantitative estimate of drug-likeness (QED) is 0.835. The molecule has 4 nitrogen and oxygen atoms in total. The van der Waals surface area contributed by atoms with Gasteiger partial charge in [0.1, 0.15) is 5.54 Å². The highest BCUT2D eigenvalue weighted by atomic mass is 16.4. The average Bonchev–Trinajstić information content (AvgIpc) is 2.42. The van der Waals surface area contributed by atoms with Crippen molar-refractivity contribution in [3.05, 3.63) is 0 Å². The maximum atomic E-state index is 12.4. The second kappa shape index (κ2) is 6.15. The van der Waals surface area contributed by atoms with Crippen molar-refractivity contribution >= 4 is 11.9 Å². The Balaban J connectivity index is 1.98. The fraction of sp³-hybridized carbons (Fsp3) is 0.875. The van der Waals surface area contributed by atoms with Crippen molar-refractivity contribution in [3.63, 3.8) is 0 Å². The number of carboxylic acid groups (broad SMARTS) is 1. The van der Waals surface area contributed by atoms with Gasteiger partial charge in [0, 0.05) is 5.92 Å². The lowest BCUT2D eigenvalue weighted by Gasteiger charge is -2.38. The molecule has 20 heavy (non-hydrogen) atoms. The van der Waals surface area contributed by atoms with Crippen LogP contribution in [0.2, 0.25) is 0 Å². The van der Waals surface area contributed by atoms with E-state index >= 15 is 0 Å². The molecule has 0 aromatic heterocycles. The Bertz CT molecular complexity index is 364. The average molecular weight is 281 g/mol. The minimum Gasteiger partial charge on any atom is -0.480 e. The van der Waals surface area contributed by atoms with Gasteiger partial charge >= 0.3 is 5.97 Å². The minimum absolute atomic E-state index is 0.0155. The Morgan fingerprint density at radius 3 is 1.95 bits per heavy atom. The number of hydrogen-bond donors (Lipinski definition) is 2. The summed E-state index contributed by atoms with van der Waals surface area (Å²) < 4.78 is 0. The third-order valence-electron chi connectivity index (χ3n) is 5.29. The van der Waals surface area contributed by atoms with Crippen LogP contribution in [0.3, 0.4) is 0 Å². The SMILES string of the molecule is CC1CCC(C(=O)NC2(C(=O)O)CCC(C)CC2)CC1. The van der Waals surface area contributed by atoms with E-state index in [4.69, 9.17) is 0 Å². The van der Waals surface area contributed by atoms with E-state index in [0.717, 1.165) is 38.5 Å². The van der Waals surface area contributed by atoms with Crippen molar-refractivity contribution in [3.8, 4) is 0 Å².